The van der Waals surface area contributed by atoms with Crippen LogP contribution in [-0.2, 0) is 6.42 Å². The van der Waals surface area contributed by atoms with E-state index < -0.39 is 0 Å². The van der Waals surface area contributed by atoms with E-state index in [-0.39, 0.29) is 5.91 Å². The molecule has 0 bridgehead atoms. The number of aryl methyl sites for hydroxylation is 1. The van der Waals surface area contributed by atoms with Gasteiger partial charge in [-0.3, -0.25) is 9.89 Å². The summed E-state index contributed by atoms with van der Waals surface area (Å²) in [5.74, 6) is 1.21. The monoisotopic (exact) mass is 327 g/mol. The molecule has 0 saturated carbocycles. The van der Waals surface area contributed by atoms with Crippen LogP contribution < -0.4 is 10.1 Å². The number of hydrogen-bond acceptors (Lipinski definition) is 4. The first-order valence-corrected chi connectivity index (χ1v) is 8.06. The molecule has 0 aliphatic heterocycles. The molecule has 1 aromatic carbocycles. The fourth-order valence-corrected chi connectivity index (χ4v) is 2.64. The number of nitrogens with one attached hydrogen (secondary N) is 3. The number of hydrogen-bond donors (Lipinski definition) is 3. The molecule has 126 valence electrons. The highest BCUT2D eigenvalue weighted by Gasteiger charge is 2.19. The summed E-state index contributed by atoms with van der Waals surface area (Å²) in [6.07, 6.45) is 3.33. The van der Waals surface area contributed by atoms with Crippen LogP contribution in [0.5, 0.6) is 5.75 Å². The average Bonchev–Trinajstić information content (AvgIpc) is 3.23. The lowest BCUT2D eigenvalue weighted by Gasteiger charge is -2.05. The number of imidazole rings is 1. The smallest absolute Gasteiger partial charge is 0.255 e. The van der Waals surface area contributed by atoms with E-state index in [2.05, 4.69) is 32.4 Å². The van der Waals surface area contributed by atoms with Gasteiger partial charge in [-0.2, -0.15) is 5.10 Å². The van der Waals surface area contributed by atoms with Crippen LogP contribution in [-0.4, -0.2) is 39.7 Å². The van der Waals surface area contributed by atoms with Gasteiger partial charge in [0.15, 0.2) is 5.82 Å². The summed E-state index contributed by atoms with van der Waals surface area (Å²) in [5.41, 5.74) is 3.76. The SMILES string of the molecule is CCCNC(=O)c1c[nH]nc1-c1nc2cc(OC)c(CC)cc2[nH]1. The fraction of sp³-hybridized carbons (Fsp3) is 0.353. The molecular formula is C17H21N5O2. The summed E-state index contributed by atoms with van der Waals surface area (Å²) in [6, 6.07) is 3.92. The highest BCUT2D eigenvalue weighted by atomic mass is 16.5. The molecule has 0 fully saturated rings. The topological polar surface area (TPSA) is 95.7 Å². The Morgan fingerprint density at radius 3 is 2.88 bits per heavy atom. The second-order valence-corrected chi connectivity index (χ2v) is 5.52. The Labute approximate surface area is 139 Å². The number of carbonyl (C=O) groups is 1. The number of nitrogens with zero attached hydrogens (tertiary/aromatic N) is 2. The highest BCUT2D eigenvalue weighted by molar-refractivity contribution is 5.99. The minimum absolute atomic E-state index is 0.159. The summed E-state index contributed by atoms with van der Waals surface area (Å²) in [6.45, 7) is 4.71. The van der Waals surface area contributed by atoms with E-state index in [4.69, 9.17) is 4.74 Å². The number of ether oxygens (including phenoxy) is 1. The van der Waals surface area contributed by atoms with Crippen LogP contribution in [0.3, 0.4) is 0 Å². The van der Waals surface area contributed by atoms with Gasteiger partial charge >= 0.3 is 0 Å². The van der Waals surface area contributed by atoms with Gasteiger partial charge < -0.3 is 15.0 Å². The molecule has 24 heavy (non-hydrogen) atoms. The predicted molar refractivity (Wildman–Crippen MR) is 92.2 cm³/mol. The maximum absolute atomic E-state index is 12.2. The van der Waals surface area contributed by atoms with E-state index in [1.54, 1.807) is 13.3 Å². The Hall–Kier alpha value is -2.83. The lowest BCUT2D eigenvalue weighted by atomic mass is 10.1. The van der Waals surface area contributed by atoms with Crippen LogP contribution in [0, 0.1) is 0 Å². The van der Waals surface area contributed by atoms with Gasteiger partial charge in [0.25, 0.3) is 5.91 Å². The Bertz CT molecular complexity index is 824. The van der Waals surface area contributed by atoms with Gasteiger partial charge in [-0.25, -0.2) is 4.98 Å². The minimum Gasteiger partial charge on any atom is -0.496 e. The molecule has 0 atom stereocenters. The van der Waals surface area contributed by atoms with Gasteiger partial charge in [-0.05, 0) is 24.5 Å². The molecule has 3 rings (SSSR count). The maximum Gasteiger partial charge on any atom is 0.255 e. The Balaban J connectivity index is 2.02. The maximum atomic E-state index is 12.2. The molecule has 0 aliphatic carbocycles. The van der Waals surface area contributed by atoms with Gasteiger partial charge in [0.2, 0.25) is 0 Å². The number of carbonyl (C=O) groups excluding carboxylic acids is 1. The van der Waals surface area contributed by atoms with E-state index in [9.17, 15) is 4.79 Å². The quantitative estimate of drug-likeness (QED) is 0.648. The van der Waals surface area contributed by atoms with Gasteiger partial charge in [-0.1, -0.05) is 13.8 Å². The standard InChI is InChI=1S/C17H21N5O2/c1-4-6-18-17(23)11-9-19-22-15(11)16-20-12-7-10(5-2)14(24-3)8-13(12)21-16/h7-9H,4-6H2,1-3H3,(H,18,23)(H,19,22)(H,20,21). The summed E-state index contributed by atoms with van der Waals surface area (Å²) in [7, 11) is 1.65. The number of aromatic nitrogens is 4. The van der Waals surface area contributed by atoms with Crippen molar-refractivity contribution in [2.24, 2.45) is 0 Å². The summed E-state index contributed by atoms with van der Waals surface area (Å²) < 4.78 is 5.41. The van der Waals surface area contributed by atoms with Crippen molar-refractivity contribution in [2.45, 2.75) is 26.7 Å². The molecule has 2 aromatic heterocycles. The molecule has 0 aliphatic rings. The van der Waals surface area contributed by atoms with E-state index in [1.165, 1.54) is 0 Å². The zero-order valence-electron chi connectivity index (χ0n) is 14.1. The lowest BCUT2D eigenvalue weighted by Crippen LogP contribution is -2.24. The normalized spacial score (nSPS) is 11.0. The number of rotatable bonds is 6. The molecule has 0 spiro atoms. The highest BCUT2D eigenvalue weighted by Crippen LogP contribution is 2.28. The molecular weight excluding hydrogens is 306 g/mol. The lowest BCUT2D eigenvalue weighted by molar-refractivity contribution is 0.0954. The van der Waals surface area contributed by atoms with Crippen molar-refractivity contribution < 1.29 is 9.53 Å². The molecule has 0 saturated heterocycles. The third-order valence-electron chi connectivity index (χ3n) is 3.91. The van der Waals surface area contributed by atoms with E-state index in [0.717, 1.165) is 35.2 Å². The fourth-order valence-electron chi connectivity index (χ4n) is 2.64. The molecule has 0 radical (unpaired) electrons. The molecule has 3 N–H and O–H groups in total. The van der Waals surface area contributed by atoms with Crippen LogP contribution >= 0.6 is 0 Å². The summed E-state index contributed by atoms with van der Waals surface area (Å²) in [5, 5.41) is 9.79. The van der Waals surface area contributed by atoms with Crippen molar-refractivity contribution in [3.8, 4) is 17.3 Å². The number of amides is 1. The number of H-pyrrole nitrogens is 2. The minimum atomic E-state index is -0.159. The van der Waals surface area contributed by atoms with Crippen LogP contribution in [0.25, 0.3) is 22.6 Å². The molecule has 7 heteroatoms. The van der Waals surface area contributed by atoms with Crippen molar-refractivity contribution in [1.82, 2.24) is 25.5 Å². The third-order valence-corrected chi connectivity index (χ3v) is 3.91. The Morgan fingerprint density at radius 1 is 1.33 bits per heavy atom. The van der Waals surface area contributed by atoms with E-state index in [0.29, 0.717) is 23.6 Å². The molecule has 7 nitrogen and oxygen atoms in total. The van der Waals surface area contributed by atoms with Crippen molar-refractivity contribution in [3.63, 3.8) is 0 Å². The van der Waals surface area contributed by atoms with Gasteiger partial charge in [0.05, 0.1) is 23.7 Å². The summed E-state index contributed by atoms with van der Waals surface area (Å²) in [4.78, 5) is 20.1. The summed E-state index contributed by atoms with van der Waals surface area (Å²) >= 11 is 0. The molecule has 3 aromatic rings. The van der Waals surface area contributed by atoms with E-state index in [1.807, 2.05) is 19.1 Å². The third kappa shape index (κ3) is 2.84. The predicted octanol–water partition coefficient (Wildman–Crippen LogP) is 2.66. The molecule has 2 heterocycles. The zero-order chi connectivity index (χ0) is 17.1. The molecule has 0 unspecified atom stereocenters. The van der Waals surface area contributed by atoms with Crippen LogP contribution in [0.15, 0.2) is 18.3 Å². The first kappa shape index (κ1) is 16.0. The number of methoxy groups -OCH3 is 1. The Morgan fingerprint density at radius 2 is 2.17 bits per heavy atom. The molecule has 1 amide bonds. The van der Waals surface area contributed by atoms with Gasteiger partial charge in [0.1, 0.15) is 11.4 Å². The second-order valence-electron chi connectivity index (χ2n) is 5.52. The van der Waals surface area contributed by atoms with E-state index >= 15 is 0 Å². The number of benzene rings is 1. The van der Waals surface area contributed by atoms with Crippen molar-refractivity contribution in [1.29, 1.82) is 0 Å². The number of aromatic amines is 2. The largest absolute Gasteiger partial charge is 0.496 e. The van der Waals surface area contributed by atoms with Crippen LogP contribution in [0.4, 0.5) is 0 Å². The Kier molecular flexibility index (Phi) is 4.50. The average molecular weight is 327 g/mol. The second kappa shape index (κ2) is 6.74. The first-order chi connectivity index (χ1) is 11.7. The van der Waals surface area contributed by atoms with Gasteiger partial charge in [0, 0.05) is 18.8 Å². The van der Waals surface area contributed by atoms with Gasteiger partial charge in [-0.15, -0.1) is 0 Å². The number of fused-ring (bicyclic) bond motifs is 1. The first-order valence-electron chi connectivity index (χ1n) is 8.06. The van der Waals surface area contributed by atoms with Crippen LogP contribution in [0.2, 0.25) is 0 Å². The zero-order valence-corrected chi connectivity index (χ0v) is 14.1. The van der Waals surface area contributed by atoms with Crippen molar-refractivity contribution in [2.75, 3.05) is 13.7 Å². The van der Waals surface area contributed by atoms with Crippen molar-refractivity contribution >= 4 is 16.9 Å². The van der Waals surface area contributed by atoms with Crippen LogP contribution in [0.1, 0.15) is 36.2 Å². The van der Waals surface area contributed by atoms with Crippen molar-refractivity contribution in [3.05, 3.63) is 29.5 Å².